The summed E-state index contributed by atoms with van der Waals surface area (Å²) in [5, 5.41) is 0. The Bertz CT molecular complexity index is 430. The molecular formula is C9H7ClN4. The first-order valence-electron chi connectivity index (χ1n) is 4.28. The smallest absolute Gasteiger partial charge is 0.171 e. The van der Waals surface area contributed by atoms with E-state index in [0.717, 1.165) is 23.9 Å². The van der Waals surface area contributed by atoms with E-state index < -0.39 is 0 Å². The number of halogens is 1. The van der Waals surface area contributed by atoms with E-state index in [1.165, 1.54) is 4.42 Å². The first-order valence-corrected chi connectivity index (χ1v) is 4.62. The lowest BCUT2D eigenvalue weighted by Crippen LogP contribution is -2.33. The summed E-state index contributed by atoms with van der Waals surface area (Å²) < 4.78 is 1.49. The van der Waals surface area contributed by atoms with E-state index >= 15 is 0 Å². The van der Waals surface area contributed by atoms with Crippen molar-refractivity contribution in [2.45, 2.75) is 0 Å². The van der Waals surface area contributed by atoms with Crippen LogP contribution in [0.5, 0.6) is 0 Å². The van der Waals surface area contributed by atoms with Crippen LogP contribution >= 0.6 is 11.8 Å². The fourth-order valence-corrected chi connectivity index (χ4v) is 1.81. The largest absolute Gasteiger partial charge is 0.316 e. The number of amidine groups is 1. The van der Waals surface area contributed by atoms with E-state index in [0.29, 0.717) is 0 Å². The normalized spacial score (nSPS) is 22.8. The van der Waals surface area contributed by atoms with Crippen LogP contribution in [0, 0.1) is 0 Å². The second-order valence-corrected chi connectivity index (χ2v) is 3.43. The fraction of sp³-hybridized carbons (Fsp3) is 0.111. The van der Waals surface area contributed by atoms with Gasteiger partial charge < -0.3 is 4.90 Å². The highest BCUT2D eigenvalue weighted by atomic mass is 35.5. The van der Waals surface area contributed by atoms with Crippen LogP contribution in [0.25, 0.3) is 0 Å². The zero-order valence-electron chi connectivity index (χ0n) is 7.26. The van der Waals surface area contributed by atoms with Gasteiger partial charge in [0.1, 0.15) is 0 Å². The molecule has 5 heteroatoms. The molecule has 0 aromatic rings. The summed E-state index contributed by atoms with van der Waals surface area (Å²) in [6.07, 6.45) is 9.23. The Morgan fingerprint density at radius 1 is 1.43 bits per heavy atom. The van der Waals surface area contributed by atoms with Crippen molar-refractivity contribution in [2.24, 2.45) is 9.98 Å². The lowest BCUT2D eigenvalue weighted by atomic mass is 10.2. The van der Waals surface area contributed by atoms with Crippen LogP contribution in [0.4, 0.5) is 0 Å². The number of nitrogens with zero attached hydrogens (tertiary/aromatic N) is 4. The second kappa shape index (κ2) is 2.72. The topological polar surface area (TPSA) is 31.2 Å². The third kappa shape index (κ3) is 0.943. The Kier molecular flexibility index (Phi) is 1.52. The summed E-state index contributed by atoms with van der Waals surface area (Å²) in [5.74, 6) is 1.63. The summed E-state index contributed by atoms with van der Waals surface area (Å²) in [7, 11) is 0. The predicted molar refractivity (Wildman–Crippen MR) is 55.6 cm³/mol. The third-order valence-electron chi connectivity index (χ3n) is 2.26. The maximum atomic E-state index is 5.96. The van der Waals surface area contributed by atoms with Gasteiger partial charge >= 0.3 is 0 Å². The van der Waals surface area contributed by atoms with E-state index in [4.69, 9.17) is 11.8 Å². The molecule has 0 unspecified atom stereocenters. The molecular weight excluding hydrogens is 200 g/mol. The predicted octanol–water partition coefficient (Wildman–Crippen LogP) is 1.45. The summed E-state index contributed by atoms with van der Waals surface area (Å²) in [6.45, 7) is 0.787. The Morgan fingerprint density at radius 3 is 3.29 bits per heavy atom. The summed E-state index contributed by atoms with van der Waals surface area (Å²) in [4.78, 5) is 10.5. The molecule has 0 radical (unpaired) electrons. The Labute approximate surface area is 86.3 Å². The molecule has 0 fully saturated rings. The highest BCUT2D eigenvalue weighted by Crippen LogP contribution is 2.27. The summed E-state index contributed by atoms with van der Waals surface area (Å²) in [6, 6.07) is 0. The average molecular weight is 207 g/mol. The highest BCUT2D eigenvalue weighted by molar-refractivity contribution is 6.26. The van der Waals surface area contributed by atoms with E-state index in [-0.39, 0.29) is 0 Å². The number of fused-ring (bicyclic) bond motifs is 3. The van der Waals surface area contributed by atoms with Crippen molar-refractivity contribution in [2.75, 3.05) is 6.54 Å². The zero-order chi connectivity index (χ0) is 9.54. The Balaban J connectivity index is 2.10. The molecule has 0 spiro atoms. The molecule has 0 N–H and O–H groups in total. The van der Waals surface area contributed by atoms with Gasteiger partial charge in [0.05, 0.1) is 18.4 Å². The van der Waals surface area contributed by atoms with E-state index in [2.05, 4.69) is 14.9 Å². The first-order chi connectivity index (χ1) is 6.86. The van der Waals surface area contributed by atoms with E-state index in [1.54, 1.807) is 12.4 Å². The summed E-state index contributed by atoms with van der Waals surface area (Å²) in [5.41, 5.74) is 0.998. The molecule has 0 amide bonds. The van der Waals surface area contributed by atoms with Gasteiger partial charge in [-0.15, -0.1) is 0 Å². The quantitative estimate of drug-likeness (QED) is 0.562. The van der Waals surface area contributed by atoms with Gasteiger partial charge in [-0.3, -0.25) is 0 Å². The molecule has 0 aromatic carbocycles. The molecule has 0 aliphatic carbocycles. The molecule has 0 saturated carbocycles. The first kappa shape index (κ1) is 7.82. The van der Waals surface area contributed by atoms with Crippen molar-refractivity contribution in [3.8, 4) is 0 Å². The van der Waals surface area contributed by atoms with Crippen LogP contribution in [0.3, 0.4) is 0 Å². The number of aliphatic imine (C=N–C) groups is 2. The third-order valence-corrected chi connectivity index (χ3v) is 2.53. The van der Waals surface area contributed by atoms with Gasteiger partial charge in [0.15, 0.2) is 11.7 Å². The van der Waals surface area contributed by atoms with Crippen LogP contribution in [0.2, 0.25) is 0 Å². The van der Waals surface area contributed by atoms with E-state index in [9.17, 15) is 0 Å². The van der Waals surface area contributed by atoms with Gasteiger partial charge in [-0.05, 0) is 12.2 Å². The van der Waals surface area contributed by atoms with Crippen LogP contribution in [-0.2, 0) is 0 Å². The SMILES string of the molecule is ClN1C=CC=C2C1=NC=C1N=CCN12. The molecule has 4 nitrogen and oxygen atoms in total. The van der Waals surface area contributed by atoms with Crippen molar-refractivity contribution in [3.05, 3.63) is 36.1 Å². The highest BCUT2D eigenvalue weighted by Gasteiger charge is 2.27. The molecule has 0 atom stereocenters. The Morgan fingerprint density at radius 2 is 2.36 bits per heavy atom. The number of hydrogen-bond acceptors (Lipinski definition) is 4. The van der Waals surface area contributed by atoms with Gasteiger partial charge in [-0.25, -0.2) is 14.4 Å². The van der Waals surface area contributed by atoms with Gasteiger partial charge in [0.25, 0.3) is 0 Å². The molecule has 0 aromatic heterocycles. The lowest BCUT2D eigenvalue weighted by molar-refractivity contribution is 0.512. The monoisotopic (exact) mass is 206 g/mol. The van der Waals surface area contributed by atoms with Crippen molar-refractivity contribution in [1.82, 2.24) is 9.32 Å². The van der Waals surface area contributed by atoms with Crippen LogP contribution in [-0.4, -0.2) is 27.9 Å². The second-order valence-electron chi connectivity index (χ2n) is 3.07. The Hall–Kier alpha value is -1.55. The van der Waals surface area contributed by atoms with Crippen LogP contribution in [0.1, 0.15) is 0 Å². The molecule has 3 aliphatic rings. The maximum absolute atomic E-state index is 5.96. The summed E-state index contributed by atoms with van der Waals surface area (Å²) >= 11 is 5.96. The molecule has 0 saturated heterocycles. The molecule has 3 rings (SSSR count). The number of allylic oxidation sites excluding steroid dienone is 2. The van der Waals surface area contributed by atoms with E-state index in [1.807, 2.05) is 18.4 Å². The standard InChI is InChI=1S/C9H7ClN4/c10-14-4-1-2-7-9(14)12-6-8-11-3-5-13(7)8/h1-4,6H,5H2. The van der Waals surface area contributed by atoms with Gasteiger partial charge in [-0.1, -0.05) is 0 Å². The minimum Gasteiger partial charge on any atom is -0.316 e. The molecule has 70 valence electrons. The van der Waals surface area contributed by atoms with Gasteiger partial charge in [0, 0.05) is 24.2 Å². The number of rotatable bonds is 0. The number of hydrogen-bond donors (Lipinski definition) is 0. The van der Waals surface area contributed by atoms with Crippen LogP contribution in [0.15, 0.2) is 46.1 Å². The minimum atomic E-state index is 0.753. The lowest BCUT2D eigenvalue weighted by Gasteiger charge is -2.29. The molecule has 3 heterocycles. The fourth-order valence-electron chi connectivity index (χ4n) is 1.62. The van der Waals surface area contributed by atoms with Gasteiger partial charge in [0.2, 0.25) is 0 Å². The average Bonchev–Trinajstić information content (AvgIpc) is 2.66. The zero-order valence-corrected chi connectivity index (χ0v) is 8.02. The molecule has 0 bridgehead atoms. The van der Waals surface area contributed by atoms with Crippen LogP contribution < -0.4 is 0 Å². The van der Waals surface area contributed by atoms with Gasteiger partial charge in [-0.2, -0.15) is 0 Å². The van der Waals surface area contributed by atoms with Crippen molar-refractivity contribution in [1.29, 1.82) is 0 Å². The molecule has 14 heavy (non-hydrogen) atoms. The maximum Gasteiger partial charge on any atom is 0.171 e. The minimum absolute atomic E-state index is 0.753. The van der Waals surface area contributed by atoms with Crippen molar-refractivity contribution in [3.63, 3.8) is 0 Å². The molecule has 3 aliphatic heterocycles. The van der Waals surface area contributed by atoms with Crippen molar-refractivity contribution >= 4 is 23.8 Å². The van der Waals surface area contributed by atoms with Crippen molar-refractivity contribution < 1.29 is 0 Å².